The van der Waals surface area contributed by atoms with Crippen molar-refractivity contribution in [3.8, 4) is 5.75 Å². The number of para-hydroxylation sites is 1. The van der Waals surface area contributed by atoms with Crippen LogP contribution in [0.1, 0.15) is 19.8 Å². The molecule has 0 amide bonds. The molecule has 1 atom stereocenters. The zero-order chi connectivity index (χ0) is 15.8. The van der Waals surface area contributed by atoms with E-state index in [1.54, 1.807) is 7.11 Å². The van der Waals surface area contributed by atoms with E-state index in [1.807, 2.05) is 30.9 Å². The van der Waals surface area contributed by atoms with Gasteiger partial charge in [-0.2, -0.15) is 0 Å². The molecule has 4 nitrogen and oxygen atoms in total. The summed E-state index contributed by atoms with van der Waals surface area (Å²) in [7, 11) is 3.55. The Balaban J connectivity index is 1.69. The van der Waals surface area contributed by atoms with E-state index >= 15 is 0 Å². The Bertz CT molecular complexity index is 489. The van der Waals surface area contributed by atoms with Gasteiger partial charge in [0.2, 0.25) is 0 Å². The Morgan fingerprint density at radius 1 is 1.36 bits per heavy atom. The number of thioether (sulfide) groups is 1. The molecule has 2 rings (SSSR count). The molecule has 1 unspecified atom stereocenters. The maximum Gasteiger partial charge on any atom is 0.190 e. The Hall–Kier alpha value is -1.36. The fourth-order valence-corrected chi connectivity index (χ4v) is 3.13. The molecular weight excluding hydrogens is 294 g/mol. The van der Waals surface area contributed by atoms with Crippen molar-refractivity contribution in [3.05, 3.63) is 24.3 Å². The number of ether oxygens (including phenoxy) is 1. The highest BCUT2D eigenvalue weighted by Gasteiger charge is 2.21. The lowest BCUT2D eigenvalue weighted by Crippen LogP contribution is -2.40. The second-order valence-corrected chi connectivity index (χ2v) is 6.91. The first kappa shape index (κ1) is 17.0. The first-order valence-corrected chi connectivity index (χ1v) is 8.91. The molecule has 1 aromatic carbocycles. The van der Waals surface area contributed by atoms with E-state index in [9.17, 15) is 0 Å². The molecule has 22 heavy (non-hydrogen) atoms. The number of hydrogen-bond acceptors (Lipinski definition) is 3. The summed E-state index contributed by atoms with van der Waals surface area (Å²) in [5, 5.41) is 6.80. The molecule has 1 fully saturated rings. The molecule has 2 N–H and O–H groups in total. The minimum Gasteiger partial charge on any atom is -0.496 e. The normalized spacial score (nSPS) is 16.2. The fraction of sp³-hybridized carbons (Fsp3) is 0.588. The third-order valence-corrected chi connectivity index (χ3v) is 5.07. The van der Waals surface area contributed by atoms with Crippen molar-refractivity contribution in [2.75, 3.05) is 33.0 Å². The van der Waals surface area contributed by atoms with Crippen LogP contribution >= 0.6 is 11.8 Å². The predicted octanol–water partition coefficient (Wildman–Crippen LogP) is 3.00. The predicted molar refractivity (Wildman–Crippen MR) is 95.0 cm³/mol. The van der Waals surface area contributed by atoms with Crippen LogP contribution in [0.4, 0.5) is 0 Å². The van der Waals surface area contributed by atoms with Gasteiger partial charge in [0.05, 0.1) is 7.11 Å². The number of nitrogens with one attached hydrogen (secondary N) is 2. The molecule has 0 bridgehead atoms. The largest absolute Gasteiger partial charge is 0.496 e. The zero-order valence-corrected chi connectivity index (χ0v) is 14.6. The molecule has 0 saturated heterocycles. The maximum atomic E-state index is 5.39. The monoisotopic (exact) mass is 321 g/mol. The van der Waals surface area contributed by atoms with Gasteiger partial charge in [0.1, 0.15) is 5.75 Å². The van der Waals surface area contributed by atoms with Gasteiger partial charge in [0.25, 0.3) is 0 Å². The van der Waals surface area contributed by atoms with E-state index < -0.39 is 0 Å². The molecule has 1 aromatic rings. The van der Waals surface area contributed by atoms with Gasteiger partial charge in [-0.25, -0.2) is 0 Å². The summed E-state index contributed by atoms with van der Waals surface area (Å²) in [5.41, 5.74) is 0. The van der Waals surface area contributed by atoms with E-state index in [2.05, 4.69) is 34.7 Å². The second-order valence-electron chi connectivity index (χ2n) is 5.84. The molecule has 0 spiro atoms. The first-order chi connectivity index (χ1) is 10.7. The molecule has 1 saturated carbocycles. The summed E-state index contributed by atoms with van der Waals surface area (Å²) in [4.78, 5) is 5.47. The number of aliphatic imine (C=N–C) groups is 1. The van der Waals surface area contributed by atoms with Crippen LogP contribution in [-0.2, 0) is 0 Å². The molecule has 0 aromatic heterocycles. The molecule has 0 heterocycles. The second kappa shape index (κ2) is 8.93. The van der Waals surface area contributed by atoms with Crippen molar-refractivity contribution in [2.24, 2.45) is 16.8 Å². The Morgan fingerprint density at radius 3 is 2.82 bits per heavy atom. The summed E-state index contributed by atoms with van der Waals surface area (Å²) in [5.74, 6) is 4.33. The highest BCUT2D eigenvalue weighted by Crippen LogP contribution is 2.30. The highest BCUT2D eigenvalue weighted by atomic mass is 32.2. The number of methoxy groups -OCH3 is 1. The Kier molecular flexibility index (Phi) is 6.90. The van der Waals surface area contributed by atoms with E-state index in [4.69, 9.17) is 4.74 Å². The number of hydrogen-bond donors (Lipinski definition) is 2. The summed E-state index contributed by atoms with van der Waals surface area (Å²) in [6, 6.07) is 8.18. The highest BCUT2D eigenvalue weighted by molar-refractivity contribution is 7.99. The smallest absolute Gasteiger partial charge is 0.190 e. The quantitative estimate of drug-likeness (QED) is 0.439. The number of nitrogens with zero attached hydrogens (tertiary/aromatic N) is 1. The van der Waals surface area contributed by atoms with Gasteiger partial charge in [0.15, 0.2) is 5.96 Å². The molecule has 0 radical (unpaired) electrons. The Morgan fingerprint density at radius 2 is 2.14 bits per heavy atom. The average molecular weight is 321 g/mol. The number of benzene rings is 1. The Labute approximate surface area is 138 Å². The first-order valence-electron chi connectivity index (χ1n) is 7.93. The minimum absolute atomic E-state index is 0.550. The van der Waals surface area contributed by atoms with Crippen molar-refractivity contribution >= 4 is 17.7 Å². The van der Waals surface area contributed by atoms with Gasteiger partial charge in [-0.3, -0.25) is 4.99 Å². The van der Waals surface area contributed by atoms with Gasteiger partial charge in [0, 0.05) is 30.8 Å². The van der Waals surface area contributed by atoms with E-state index in [-0.39, 0.29) is 0 Å². The summed E-state index contributed by atoms with van der Waals surface area (Å²) >= 11 is 1.84. The van der Waals surface area contributed by atoms with Gasteiger partial charge in [-0.15, -0.1) is 11.8 Å². The molecular formula is C17H27N3OS. The number of rotatable bonds is 8. The van der Waals surface area contributed by atoms with Crippen molar-refractivity contribution in [1.82, 2.24) is 10.6 Å². The third kappa shape index (κ3) is 5.79. The average Bonchev–Trinajstić information content (AvgIpc) is 3.37. The zero-order valence-electron chi connectivity index (χ0n) is 13.8. The standard InChI is InChI=1S/C17H27N3OS/c1-13(10-19-17(18-2)20-11-14-8-9-14)12-22-16-7-5-4-6-15(16)21-3/h4-7,13-14H,8-12H2,1-3H3,(H2,18,19,20). The summed E-state index contributed by atoms with van der Waals surface area (Å²) in [6.45, 7) is 4.22. The molecule has 1 aliphatic carbocycles. The van der Waals surface area contributed by atoms with Crippen LogP contribution in [0.15, 0.2) is 34.2 Å². The topological polar surface area (TPSA) is 45.7 Å². The van der Waals surface area contributed by atoms with Crippen molar-refractivity contribution in [3.63, 3.8) is 0 Å². The van der Waals surface area contributed by atoms with Gasteiger partial charge in [-0.05, 0) is 36.8 Å². The fourth-order valence-electron chi connectivity index (χ4n) is 2.08. The molecule has 122 valence electrons. The van der Waals surface area contributed by atoms with Gasteiger partial charge in [-0.1, -0.05) is 19.1 Å². The van der Waals surface area contributed by atoms with Crippen LogP contribution in [0.25, 0.3) is 0 Å². The molecule has 1 aliphatic rings. The molecule has 5 heteroatoms. The number of guanidine groups is 1. The van der Waals surface area contributed by atoms with Crippen LogP contribution in [0, 0.1) is 11.8 Å². The lowest BCUT2D eigenvalue weighted by atomic mass is 10.2. The van der Waals surface area contributed by atoms with Crippen LogP contribution in [0.5, 0.6) is 5.75 Å². The van der Waals surface area contributed by atoms with E-state index in [1.165, 1.54) is 17.7 Å². The SMILES string of the molecule is CN=C(NCC(C)CSc1ccccc1OC)NCC1CC1. The van der Waals surface area contributed by atoms with Crippen LogP contribution in [-0.4, -0.2) is 39.0 Å². The van der Waals surface area contributed by atoms with Gasteiger partial charge >= 0.3 is 0 Å². The van der Waals surface area contributed by atoms with E-state index in [0.717, 1.165) is 36.5 Å². The van der Waals surface area contributed by atoms with Crippen molar-refractivity contribution in [2.45, 2.75) is 24.7 Å². The maximum absolute atomic E-state index is 5.39. The van der Waals surface area contributed by atoms with Crippen LogP contribution < -0.4 is 15.4 Å². The van der Waals surface area contributed by atoms with E-state index in [0.29, 0.717) is 5.92 Å². The summed E-state index contributed by atoms with van der Waals surface area (Å²) in [6.07, 6.45) is 2.71. The van der Waals surface area contributed by atoms with Crippen molar-refractivity contribution in [1.29, 1.82) is 0 Å². The third-order valence-electron chi connectivity index (χ3n) is 3.69. The lowest BCUT2D eigenvalue weighted by Gasteiger charge is -2.16. The lowest BCUT2D eigenvalue weighted by molar-refractivity contribution is 0.405. The minimum atomic E-state index is 0.550. The van der Waals surface area contributed by atoms with Crippen LogP contribution in [0.3, 0.4) is 0 Å². The molecule has 0 aliphatic heterocycles. The van der Waals surface area contributed by atoms with Crippen LogP contribution in [0.2, 0.25) is 0 Å². The van der Waals surface area contributed by atoms with Crippen molar-refractivity contribution < 1.29 is 4.74 Å². The van der Waals surface area contributed by atoms with Gasteiger partial charge < -0.3 is 15.4 Å². The summed E-state index contributed by atoms with van der Waals surface area (Å²) < 4.78 is 5.39.